The molecular weight excluding hydrogens is 214 g/mol. The largest absolute Gasteiger partial charge is 0.287 e. The number of aromatic nitrogens is 1. The first-order valence-corrected chi connectivity index (χ1v) is 5.96. The normalized spacial score (nSPS) is 13.1. The number of thiol groups is 1. The quantitative estimate of drug-likeness (QED) is 0.357. The predicted octanol–water partition coefficient (Wildman–Crippen LogP) is 1.89. The molecule has 0 fully saturated rings. The van der Waals surface area contributed by atoms with E-state index in [1.165, 1.54) is 0 Å². The summed E-state index contributed by atoms with van der Waals surface area (Å²) in [4.78, 5) is 4.27. The first kappa shape index (κ1) is 11.4. The van der Waals surface area contributed by atoms with Crippen LogP contribution in [-0.2, 0) is 0 Å². The van der Waals surface area contributed by atoms with Gasteiger partial charge in [0.2, 0.25) is 0 Å². The molecule has 1 rings (SSSR count). The van der Waals surface area contributed by atoms with Crippen LogP contribution in [0, 0.1) is 6.92 Å². The summed E-state index contributed by atoms with van der Waals surface area (Å²) in [6.07, 6.45) is 3.65. The van der Waals surface area contributed by atoms with Gasteiger partial charge in [-0.15, -0.1) is 24.4 Å². The summed E-state index contributed by atoms with van der Waals surface area (Å²) >= 11 is 5.80. The fourth-order valence-electron chi connectivity index (χ4n) is 0.856. The Labute approximate surface area is 93.8 Å². The van der Waals surface area contributed by atoms with Crippen molar-refractivity contribution in [3.63, 3.8) is 0 Å². The Bertz CT molecular complexity index is 315. The SMILES string of the molecule is CS[C@H](S)N/N=C/c1cccc(C)n1. The maximum atomic E-state index is 4.27. The fourth-order valence-corrected chi connectivity index (χ4v) is 1.09. The molecular formula is C9H13N3S2. The van der Waals surface area contributed by atoms with E-state index in [1.807, 2.05) is 31.4 Å². The zero-order valence-corrected chi connectivity index (χ0v) is 9.85. The molecule has 1 heterocycles. The van der Waals surface area contributed by atoms with Gasteiger partial charge in [0.15, 0.2) is 0 Å². The van der Waals surface area contributed by atoms with E-state index in [9.17, 15) is 0 Å². The number of pyridine rings is 1. The Morgan fingerprint density at radius 1 is 1.64 bits per heavy atom. The first-order valence-electron chi connectivity index (χ1n) is 4.15. The van der Waals surface area contributed by atoms with Crippen LogP contribution in [-0.4, -0.2) is 22.2 Å². The van der Waals surface area contributed by atoms with Crippen molar-refractivity contribution in [3.05, 3.63) is 29.6 Å². The second-order valence-corrected chi connectivity index (χ2v) is 4.49. The molecule has 0 radical (unpaired) electrons. The maximum Gasteiger partial charge on any atom is 0.132 e. The molecule has 0 aliphatic rings. The molecule has 0 aliphatic heterocycles. The van der Waals surface area contributed by atoms with Crippen molar-refractivity contribution >= 4 is 30.6 Å². The van der Waals surface area contributed by atoms with Gasteiger partial charge in [-0.2, -0.15) is 5.10 Å². The monoisotopic (exact) mass is 227 g/mol. The highest BCUT2D eigenvalue weighted by Crippen LogP contribution is 2.05. The Morgan fingerprint density at radius 3 is 3.07 bits per heavy atom. The molecule has 1 aromatic rings. The maximum absolute atomic E-state index is 4.27. The van der Waals surface area contributed by atoms with Crippen molar-refractivity contribution in [1.82, 2.24) is 10.4 Å². The summed E-state index contributed by atoms with van der Waals surface area (Å²) in [6.45, 7) is 1.95. The van der Waals surface area contributed by atoms with E-state index in [2.05, 4.69) is 28.1 Å². The number of hydrogen-bond donors (Lipinski definition) is 2. The number of hydrogen-bond acceptors (Lipinski definition) is 5. The molecule has 0 saturated carbocycles. The molecule has 1 atom stereocenters. The van der Waals surface area contributed by atoms with Crippen molar-refractivity contribution in [2.24, 2.45) is 5.10 Å². The molecule has 3 nitrogen and oxygen atoms in total. The van der Waals surface area contributed by atoms with E-state index in [4.69, 9.17) is 0 Å². The molecule has 0 spiro atoms. The molecule has 0 unspecified atom stereocenters. The average Bonchev–Trinajstić information content (AvgIpc) is 2.17. The molecule has 0 bridgehead atoms. The number of rotatable bonds is 4. The van der Waals surface area contributed by atoms with Crippen LogP contribution in [0.5, 0.6) is 0 Å². The van der Waals surface area contributed by atoms with Gasteiger partial charge >= 0.3 is 0 Å². The smallest absolute Gasteiger partial charge is 0.132 e. The third kappa shape index (κ3) is 4.02. The zero-order valence-electron chi connectivity index (χ0n) is 8.14. The lowest BCUT2D eigenvalue weighted by atomic mass is 10.3. The minimum absolute atomic E-state index is 0.0241. The van der Waals surface area contributed by atoms with E-state index < -0.39 is 0 Å². The Balaban J connectivity index is 2.51. The van der Waals surface area contributed by atoms with Gasteiger partial charge in [0, 0.05) is 5.69 Å². The van der Waals surface area contributed by atoms with Gasteiger partial charge in [0.25, 0.3) is 0 Å². The third-order valence-corrected chi connectivity index (χ3v) is 2.81. The zero-order chi connectivity index (χ0) is 10.4. The summed E-state index contributed by atoms with van der Waals surface area (Å²) in [5, 5.41) is 4.02. The predicted molar refractivity (Wildman–Crippen MR) is 66.0 cm³/mol. The molecule has 1 N–H and O–H groups in total. The standard InChI is InChI=1S/C9H13N3S2/c1-7-4-3-5-8(11-7)6-10-12-9(13)14-2/h3-6,9,12-13H,1-2H3/b10-6+/t9-/m0/s1. The molecule has 1 aromatic heterocycles. The minimum atomic E-state index is 0.0241. The number of thioether (sulfide) groups is 1. The number of hydrazone groups is 1. The van der Waals surface area contributed by atoms with Crippen molar-refractivity contribution in [3.8, 4) is 0 Å². The van der Waals surface area contributed by atoms with Crippen LogP contribution in [0.25, 0.3) is 0 Å². The van der Waals surface area contributed by atoms with Crippen molar-refractivity contribution in [2.45, 2.75) is 11.6 Å². The van der Waals surface area contributed by atoms with E-state index in [0.717, 1.165) is 11.4 Å². The summed E-state index contributed by atoms with van der Waals surface area (Å²) in [5.74, 6) is 0. The molecule has 5 heteroatoms. The van der Waals surface area contributed by atoms with Crippen LogP contribution in [0.15, 0.2) is 23.3 Å². The van der Waals surface area contributed by atoms with Crippen LogP contribution in [0.4, 0.5) is 0 Å². The van der Waals surface area contributed by atoms with Crippen LogP contribution in [0.1, 0.15) is 11.4 Å². The Hall–Kier alpha value is -0.680. The fraction of sp³-hybridized carbons (Fsp3) is 0.333. The van der Waals surface area contributed by atoms with Crippen molar-refractivity contribution < 1.29 is 0 Å². The molecule has 0 aliphatic carbocycles. The topological polar surface area (TPSA) is 37.3 Å². The van der Waals surface area contributed by atoms with Gasteiger partial charge in [0.1, 0.15) is 4.71 Å². The van der Waals surface area contributed by atoms with Gasteiger partial charge in [0.05, 0.1) is 11.9 Å². The lowest BCUT2D eigenvalue weighted by Gasteiger charge is -2.04. The van der Waals surface area contributed by atoms with E-state index in [0.29, 0.717) is 0 Å². The lowest BCUT2D eigenvalue weighted by molar-refractivity contribution is 0.846. The van der Waals surface area contributed by atoms with E-state index >= 15 is 0 Å². The van der Waals surface area contributed by atoms with Crippen molar-refractivity contribution in [2.75, 3.05) is 6.26 Å². The second-order valence-electron chi connectivity index (χ2n) is 2.68. The second kappa shape index (κ2) is 5.93. The highest BCUT2D eigenvalue weighted by atomic mass is 32.2. The van der Waals surface area contributed by atoms with Gasteiger partial charge in [-0.05, 0) is 25.3 Å². The molecule has 14 heavy (non-hydrogen) atoms. The van der Waals surface area contributed by atoms with Crippen LogP contribution in [0.2, 0.25) is 0 Å². The Morgan fingerprint density at radius 2 is 2.43 bits per heavy atom. The number of nitrogens with zero attached hydrogens (tertiary/aromatic N) is 2. The van der Waals surface area contributed by atoms with Gasteiger partial charge in [-0.1, -0.05) is 6.07 Å². The van der Waals surface area contributed by atoms with Gasteiger partial charge in [-0.25, -0.2) is 0 Å². The van der Waals surface area contributed by atoms with Crippen LogP contribution < -0.4 is 5.43 Å². The number of aryl methyl sites for hydroxylation is 1. The minimum Gasteiger partial charge on any atom is -0.287 e. The van der Waals surface area contributed by atoms with E-state index in [-0.39, 0.29) is 4.71 Å². The van der Waals surface area contributed by atoms with Crippen LogP contribution >= 0.6 is 24.4 Å². The highest BCUT2D eigenvalue weighted by Gasteiger charge is 1.94. The van der Waals surface area contributed by atoms with Gasteiger partial charge < -0.3 is 0 Å². The highest BCUT2D eigenvalue weighted by molar-refractivity contribution is 8.09. The summed E-state index contributed by atoms with van der Waals surface area (Å²) < 4.78 is 0.0241. The summed E-state index contributed by atoms with van der Waals surface area (Å²) in [7, 11) is 0. The van der Waals surface area contributed by atoms with Gasteiger partial charge in [-0.3, -0.25) is 10.4 Å². The van der Waals surface area contributed by atoms with Crippen molar-refractivity contribution in [1.29, 1.82) is 0 Å². The molecule has 76 valence electrons. The third-order valence-electron chi connectivity index (χ3n) is 1.51. The molecule has 0 saturated heterocycles. The summed E-state index contributed by atoms with van der Waals surface area (Å²) in [5.41, 5.74) is 4.69. The van der Waals surface area contributed by atoms with E-state index in [1.54, 1.807) is 18.0 Å². The first-order chi connectivity index (χ1) is 6.72. The number of nitrogens with one attached hydrogen (secondary N) is 1. The molecule has 0 aromatic carbocycles. The molecule has 0 amide bonds. The summed E-state index contributed by atoms with van der Waals surface area (Å²) in [6, 6.07) is 5.81. The average molecular weight is 227 g/mol. The lowest BCUT2D eigenvalue weighted by Crippen LogP contribution is -2.13. The Kier molecular flexibility index (Phi) is 4.82. The van der Waals surface area contributed by atoms with Crippen LogP contribution in [0.3, 0.4) is 0 Å².